The normalized spacial score (nSPS) is 11.3. The number of benzene rings is 2. The molecule has 0 heterocycles. The number of nitrogens with one attached hydrogen (secondary N) is 2. The van der Waals surface area contributed by atoms with Crippen LogP contribution in [0.25, 0.3) is 0 Å². The van der Waals surface area contributed by atoms with Crippen LogP contribution in [0, 0.1) is 0 Å². The van der Waals surface area contributed by atoms with Crippen LogP contribution in [0.5, 0.6) is 11.5 Å². The van der Waals surface area contributed by atoms with E-state index in [-0.39, 0.29) is 23.0 Å². The van der Waals surface area contributed by atoms with Gasteiger partial charge in [0.15, 0.2) is 0 Å². The van der Waals surface area contributed by atoms with Gasteiger partial charge in [-0.05, 0) is 49.7 Å². The molecule has 0 saturated heterocycles. The number of ether oxygens (including phenoxy) is 2. The summed E-state index contributed by atoms with van der Waals surface area (Å²) in [5, 5.41) is 2.74. The Morgan fingerprint density at radius 2 is 1.70 bits per heavy atom. The average Bonchev–Trinajstić information content (AvgIpc) is 2.65. The van der Waals surface area contributed by atoms with Crippen LogP contribution in [0.2, 0.25) is 0 Å². The van der Waals surface area contributed by atoms with E-state index >= 15 is 0 Å². The van der Waals surface area contributed by atoms with Gasteiger partial charge in [-0.15, -0.1) is 0 Å². The molecule has 0 aromatic heterocycles. The quantitative estimate of drug-likeness (QED) is 0.719. The van der Waals surface area contributed by atoms with Crippen molar-refractivity contribution in [2.75, 3.05) is 14.2 Å². The van der Waals surface area contributed by atoms with Crippen LogP contribution in [0.3, 0.4) is 0 Å². The maximum absolute atomic E-state index is 12.6. The first kappa shape index (κ1) is 20.7. The van der Waals surface area contributed by atoms with E-state index in [2.05, 4.69) is 10.0 Å². The molecule has 0 saturated carbocycles. The molecule has 0 unspecified atom stereocenters. The fraction of sp³-hybridized carbons (Fsp3) is 0.316. The van der Waals surface area contributed by atoms with Crippen LogP contribution in [-0.2, 0) is 16.6 Å². The summed E-state index contributed by atoms with van der Waals surface area (Å²) in [7, 11) is -0.808. The first-order chi connectivity index (χ1) is 12.8. The third-order valence-electron chi connectivity index (χ3n) is 3.77. The summed E-state index contributed by atoms with van der Waals surface area (Å²) in [4.78, 5) is 12.3. The predicted octanol–water partition coefficient (Wildman–Crippen LogP) is 2.32. The molecule has 0 aliphatic carbocycles. The highest BCUT2D eigenvalue weighted by Crippen LogP contribution is 2.23. The number of hydrogen-bond donors (Lipinski definition) is 2. The summed E-state index contributed by atoms with van der Waals surface area (Å²) in [6.07, 6.45) is 0. The number of sulfonamides is 1. The molecule has 0 bridgehead atoms. The molecule has 0 aliphatic rings. The van der Waals surface area contributed by atoms with Gasteiger partial charge in [0.05, 0.1) is 24.7 Å². The molecule has 2 aromatic rings. The van der Waals surface area contributed by atoms with Gasteiger partial charge in [-0.3, -0.25) is 4.79 Å². The van der Waals surface area contributed by atoms with Gasteiger partial charge in [-0.1, -0.05) is 12.1 Å². The zero-order valence-electron chi connectivity index (χ0n) is 15.8. The molecule has 0 aliphatic heterocycles. The summed E-state index contributed by atoms with van der Waals surface area (Å²) in [6.45, 7) is 3.76. The zero-order valence-corrected chi connectivity index (χ0v) is 16.6. The standard InChI is InChI=1S/C19H24N2O5S/c1-13(2)21-19(22)17-11-16(9-10-18(17)26-4)27(23,24)20-12-14-5-7-15(25-3)8-6-14/h5-11,13,20H,12H2,1-4H3,(H,21,22). The van der Waals surface area contributed by atoms with Crippen LogP contribution in [-0.4, -0.2) is 34.6 Å². The Labute approximate surface area is 159 Å². The lowest BCUT2D eigenvalue weighted by molar-refractivity contribution is 0.0940. The van der Waals surface area contributed by atoms with E-state index in [9.17, 15) is 13.2 Å². The minimum atomic E-state index is -3.80. The van der Waals surface area contributed by atoms with Gasteiger partial charge in [0.25, 0.3) is 5.91 Å². The summed E-state index contributed by atoms with van der Waals surface area (Å²) in [5.74, 6) is 0.605. The van der Waals surface area contributed by atoms with Crippen molar-refractivity contribution < 1.29 is 22.7 Å². The third kappa shape index (κ3) is 5.45. The zero-order chi connectivity index (χ0) is 20.0. The molecule has 1 amide bonds. The van der Waals surface area contributed by atoms with E-state index in [1.165, 1.54) is 25.3 Å². The van der Waals surface area contributed by atoms with Crippen molar-refractivity contribution in [2.45, 2.75) is 31.3 Å². The Balaban J connectivity index is 2.22. The van der Waals surface area contributed by atoms with Gasteiger partial charge < -0.3 is 14.8 Å². The van der Waals surface area contributed by atoms with E-state index < -0.39 is 15.9 Å². The summed E-state index contributed by atoms with van der Waals surface area (Å²) < 4.78 is 38.0. The molecule has 0 fully saturated rings. The van der Waals surface area contributed by atoms with Crippen LogP contribution >= 0.6 is 0 Å². The Hall–Kier alpha value is -2.58. The van der Waals surface area contributed by atoms with Crippen LogP contribution < -0.4 is 19.5 Å². The van der Waals surface area contributed by atoms with Gasteiger partial charge in [0.1, 0.15) is 11.5 Å². The van der Waals surface area contributed by atoms with Gasteiger partial charge in [0, 0.05) is 12.6 Å². The lowest BCUT2D eigenvalue weighted by atomic mass is 10.2. The monoisotopic (exact) mass is 392 g/mol. The maximum Gasteiger partial charge on any atom is 0.255 e. The molecular weight excluding hydrogens is 368 g/mol. The molecule has 0 radical (unpaired) electrons. The molecule has 2 N–H and O–H groups in total. The van der Waals surface area contributed by atoms with Gasteiger partial charge >= 0.3 is 0 Å². The molecule has 2 aromatic carbocycles. The fourth-order valence-corrected chi connectivity index (χ4v) is 3.42. The Bertz CT molecular complexity index is 893. The number of rotatable bonds is 8. The lowest BCUT2D eigenvalue weighted by Gasteiger charge is -2.14. The van der Waals surface area contributed by atoms with E-state index in [1.807, 2.05) is 13.8 Å². The van der Waals surface area contributed by atoms with Crippen molar-refractivity contribution in [3.63, 3.8) is 0 Å². The maximum atomic E-state index is 12.6. The topological polar surface area (TPSA) is 93.7 Å². The molecule has 2 rings (SSSR count). The van der Waals surface area contributed by atoms with Crippen LogP contribution in [0.1, 0.15) is 29.8 Å². The largest absolute Gasteiger partial charge is 0.497 e. The third-order valence-corrected chi connectivity index (χ3v) is 5.17. The number of amides is 1. The van der Waals surface area contributed by atoms with Crippen molar-refractivity contribution in [1.82, 2.24) is 10.0 Å². The number of hydrogen-bond acceptors (Lipinski definition) is 5. The fourth-order valence-electron chi connectivity index (χ4n) is 2.38. The van der Waals surface area contributed by atoms with Crippen LogP contribution in [0.4, 0.5) is 0 Å². The minimum Gasteiger partial charge on any atom is -0.497 e. The van der Waals surface area contributed by atoms with E-state index in [0.717, 1.165) is 5.56 Å². The first-order valence-corrected chi connectivity index (χ1v) is 9.86. The van der Waals surface area contributed by atoms with Crippen molar-refractivity contribution in [3.8, 4) is 11.5 Å². The molecule has 146 valence electrons. The second-order valence-corrected chi connectivity index (χ2v) is 7.93. The first-order valence-electron chi connectivity index (χ1n) is 8.38. The molecule has 0 atom stereocenters. The highest BCUT2D eigenvalue weighted by atomic mass is 32.2. The van der Waals surface area contributed by atoms with Crippen molar-refractivity contribution in [3.05, 3.63) is 53.6 Å². The minimum absolute atomic E-state index is 0.00859. The SMILES string of the molecule is COc1ccc(CNS(=O)(=O)c2ccc(OC)c(C(=O)NC(C)C)c2)cc1. The number of methoxy groups -OCH3 is 2. The predicted molar refractivity (Wildman–Crippen MR) is 103 cm³/mol. The Morgan fingerprint density at radius 3 is 2.26 bits per heavy atom. The van der Waals surface area contributed by atoms with Crippen molar-refractivity contribution >= 4 is 15.9 Å². The lowest BCUT2D eigenvalue weighted by Crippen LogP contribution is -2.31. The summed E-state index contributed by atoms with van der Waals surface area (Å²) in [6, 6.07) is 11.2. The molecule has 0 spiro atoms. The van der Waals surface area contributed by atoms with Gasteiger partial charge in [-0.25, -0.2) is 13.1 Å². The van der Waals surface area contributed by atoms with Crippen molar-refractivity contribution in [1.29, 1.82) is 0 Å². The summed E-state index contributed by atoms with van der Waals surface area (Å²) >= 11 is 0. The van der Waals surface area contributed by atoms with Gasteiger partial charge in [-0.2, -0.15) is 0 Å². The van der Waals surface area contributed by atoms with E-state index in [0.29, 0.717) is 11.5 Å². The van der Waals surface area contributed by atoms with Crippen molar-refractivity contribution in [2.24, 2.45) is 0 Å². The Morgan fingerprint density at radius 1 is 1.04 bits per heavy atom. The van der Waals surface area contributed by atoms with E-state index in [1.54, 1.807) is 31.4 Å². The highest BCUT2D eigenvalue weighted by Gasteiger charge is 2.20. The van der Waals surface area contributed by atoms with Crippen LogP contribution in [0.15, 0.2) is 47.4 Å². The molecule has 8 heteroatoms. The molecule has 7 nitrogen and oxygen atoms in total. The molecule has 27 heavy (non-hydrogen) atoms. The number of carbonyl (C=O) groups is 1. The molecular formula is C19H24N2O5S. The van der Waals surface area contributed by atoms with Gasteiger partial charge in [0.2, 0.25) is 10.0 Å². The summed E-state index contributed by atoms with van der Waals surface area (Å²) in [5.41, 5.74) is 0.948. The Kier molecular flexibility index (Phi) is 6.81. The highest BCUT2D eigenvalue weighted by molar-refractivity contribution is 7.89. The second kappa shape index (κ2) is 8.88. The van der Waals surface area contributed by atoms with E-state index in [4.69, 9.17) is 9.47 Å². The number of carbonyl (C=O) groups excluding carboxylic acids is 1. The smallest absolute Gasteiger partial charge is 0.255 e. The average molecular weight is 392 g/mol. The second-order valence-electron chi connectivity index (χ2n) is 6.16.